The molecule has 2 aliphatic rings. The molecule has 2 atom stereocenters. The Bertz CT molecular complexity index is 1010. The van der Waals surface area contributed by atoms with Crippen molar-refractivity contribution in [3.63, 3.8) is 0 Å². The molecule has 0 saturated heterocycles. The number of ether oxygens (including phenoxy) is 2. The van der Waals surface area contributed by atoms with E-state index in [2.05, 4.69) is 27.7 Å². The summed E-state index contributed by atoms with van der Waals surface area (Å²) in [7, 11) is 3.32. The minimum atomic E-state index is -0.193. The Labute approximate surface area is 169 Å². The maximum atomic E-state index is 14.4. The van der Waals surface area contributed by atoms with E-state index in [1.54, 1.807) is 20.3 Å². The second-order valence-corrected chi connectivity index (χ2v) is 7.26. The van der Waals surface area contributed by atoms with E-state index in [-0.39, 0.29) is 18.1 Å². The summed E-state index contributed by atoms with van der Waals surface area (Å²) in [5, 5.41) is 7.26. The fourth-order valence-corrected chi connectivity index (χ4v) is 4.18. The van der Waals surface area contributed by atoms with Gasteiger partial charge in [0.15, 0.2) is 0 Å². The Morgan fingerprint density at radius 1 is 0.828 bits per heavy atom. The molecule has 0 fully saturated rings. The third-order valence-corrected chi connectivity index (χ3v) is 5.67. The molecule has 6 heteroatoms. The van der Waals surface area contributed by atoms with Crippen molar-refractivity contribution in [1.29, 1.82) is 0 Å². The third kappa shape index (κ3) is 2.96. The highest BCUT2D eigenvalue weighted by atomic mass is 19.1. The van der Waals surface area contributed by atoms with Crippen molar-refractivity contribution in [3.8, 4) is 11.5 Å². The van der Waals surface area contributed by atoms with Gasteiger partial charge in [-0.2, -0.15) is 0 Å². The van der Waals surface area contributed by atoms with Crippen LogP contribution in [0.5, 0.6) is 11.5 Å². The number of nitrogens with one attached hydrogen (secondary N) is 2. The highest BCUT2D eigenvalue weighted by molar-refractivity contribution is 5.68. The predicted octanol–water partition coefficient (Wildman–Crippen LogP) is 4.89. The van der Waals surface area contributed by atoms with Crippen molar-refractivity contribution >= 4 is 11.4 Å². The van der Waals surface area contributed by atoms with Crippen LogP contribution in [0.15, 0.2) is 60.7 Å². The van der Waals surface area contributed by atoms with Crippen LogP contribution >= 0.6 is 0 Å². The molecule has 0 aliphatic carbocycles. The molecule has 2 bridgehead atoms. The monoisotopic (exact) mass is 391 g/mol. The summed E-state index contributed by atoms with van der Waals surface area (Å²) >= 11 is 0. The molecule has 29 heavy (non-hydrogen) atoms. The van der Waals surface area contributed by atoms with E-state index in [4.69, 9.17) is 9.47 Å². The lowest BCUT2D eigenvalue weighted by Crippen LogP contribution is -2.47. The Balaban J connectivity index is 1.61. The lowest BCUT2D eigenvalue weighted by molar-refractivity contribution is 0.136. The lowest BCUT2D eigenvalue weighted by Gasteiger charge is -2.49. The molecule has 2 heterocycles. The van der Waals surface area contributed by atoms with Crippen LogP contribution in [0.4, 0.5) is 15.8 Å². The van der Waals surface area contributed by atoms with Gasteiger partial charge in [-0.15, -0.1) is 0 Å². The van der Waals surface area contributed by atoms with Crippen molar-refractivity contribution in [2.45, 2.75) is 18.9 Å². The Kier molecular flexibility index (Phi) is 4.28. The van der Waals surface area contributed by atoms with E-state index in [1.807, 2.05) is 36.4 Å². The topological polar surface area (TPSA) is 45.8 Å². The van der Waals surface area contributed by atoms with Crippen molar-refractivity contribution in [1.82, 2.24) is 4.90 Å². The number of halogens is 1. The maximum Gasteiger partial charge on any atom is 0.127 e. The second-order valence-electron chi connectivity index (χ2n) is 7.26. The van der Waals surface area contributed by atoms with Crippen LogP contribution in [0.25, 0.3) is 0 Å². The van der Waals surface area contributed by atoms with Crippen molar-refractivity contribution in [2.75, 3.05) is 24.9 Å². The van der Waals surface area contributed by atoms with Crippen molar-refractivity contribution < 1.29 is 13.9 Å². The summed E-state index contributed by atoms with van der Waals surface area (Å²) in [4.78, 5) is 2.24. The number of hydrogen-bond acceptors (Lipinski definition) is 5. The molecule has 5 nitrogen and oxygen atoms in total. The Hall–Kier alpha value is -3.25. The van der Waals surface area contributed by atoms with E-state index in [0.717, 1.165) is 34.0 Å². The zero-order valence-corrected chi connectivity index (χ0v) is 16.3. The molecule has 3 aromatic carbocycles. The molecule has 148 valence electrons. The average Bonchev–Trinajstić information content (AvgIpc) is 2.75. The maximum absolute atomic E-state index is 14.4. The standard InChI is InChI=1S/C23H22FN3O2/c1-28-15-7-9-17-20(11-15)25-23-18-10-8-16(29-2)12-21(18)26-22(17)27(23)13-14-5-3-4-6-19(14)24/h3-12,22-23,25-26H,13H2,1-2H3/t22-,23-/m1/s1. The molecule has 2 aliphatic heterocycles. The van der Waals surface area contributed by atoms with Gasteiger partial charge in [-0.05, 0) is 30.3 Å². The summed E-state index contributed by atoms with van der Waals surface area (Å²) in [6.07, 6.45) is -0.220. The van der Waals surface area contributed by atoms with Crippen LogP contribution in [0.3, 0.4) is 0 Å². The molecule has 0 unspecified atom stereocenters. The van der Waals surface area contributed by atoms with Crippen LogP contribution in [0.1, 0.15) is 29.0 Å². The summed E-state index contributed by atoms with van der Waals surface area (Å²) in [6.45, 7) is 0.471. The first-order valence-electron chi connectivity index (χ1n) is 9.56. The van der Waals surface area contributed by atoms with Gasteiger partial charge in [0, 0.05) is 46.7 Å². The molecule has 0 amide bonds. The number of hydrogen-bond donors (Lipinski definition) is 2. The quantitative estimate of drug-likeness (QED) is 0.663. The Morgan fingerprint density at radius 3 is 1.90 bits per heavy atom. The smallest absolute Gasteiger partial charge is 0.127 e. The fraction of sp³-hybridized carbons (Fsp3) is 0.217. The number of fused-ring (bicyclic) bond motifs is 6. The van der Waals surface area contributed by atoms with E-state index >= 15 is 0 Å². The number of nitrogens with zero attached hydrogens (tertiary/aromatic N) is 1. The number of rotatable bonds is 4. The average molecular weight is 391 g/mol. The van der Waals surface area contributed by atoms with Gasteiger partial charge in [0.2, 0.25) is 0 Å². The van der Waals surface area contributed by atoms with Gasteiger partial charge in [-0.3, -0.25) is 4.90 Å². The first kappa shape index (κ1) is 17.8. The third-order valence-electron chi connectivity index (χ3n) is 5.67. The highest BCUT2D eigenvalue weighted by Gasteiger charge is 2.40. The molecule has 0 radical (unpaired) electrons. The van der Waals surface area contributed by atoms with Crippen molar-refractivity contribution in [2.24, 2.45) is 0 Å². The van der Waals surface area contributed by atoms with Gasteiger partial charge in [-0.25, -0.2) is 4.39 Å². The molecule has 0 saturated carbocycles. The van der Waals surface area contributed by atoms with Gasteiger partial charge in [0.05, 0.1) is 14.2 Å². The van der Waals surface area contributed by atoms with Crippen molar-refractivity contribution in [3.05, 3.63) is 83.2 Å². The molecule has 0 aromatic heterocycles. The van der Waals surface area contributed by atoms with E-state index < -0.39 is 0 Å². The molecule has 3 aromatic rings. The van der Waals surface area contributed by atoms with Gasteiger partial charge in [0.25, 0.3) is 0 Å². The highest BCUT2D eigenvalue weighted by Crippen LogP contribution is 2.49. The molecule has 0 spiro atoms. The molecular formula is C23H22FN3O2. The fourth-order valence-electron chi connectivity index (χ4n) is 4.18. The normalized spacial score (nSPS) is 19.4. The Morgan fingerprint density at radius 2 is 1.38 bits per heavy atom. The van der Waals surface area contributed by atoms with E-state index in [0.29, 0.717) is 12.1 Å². The SMILES string of the molecule is COc1ccc2c(c1)N[C@H]1c3ccc(OC)cc3N[C@@H]2N1Cc1ccccc1F. The van der Waals surface area contributed by atoms with Gasteiger partial charge >= 0.3 is 0 Å². The van der Waals surface area contributed by atoms with E-state index in [1.165, 1.54) is 6.07 Å². The molecule has 2 N–H and O–H groups in total. The zero-order valence-electron chi connectivity index (χ0n) is 16.3. The first-order chi connectivity index (χ1) is 14.2. The number of anilines is 2. The summed E-state index contributed by atoms with van der Waals surface area (Å²) in [6, 6.07) is 18.9. The summed E-state index contributed by atoms with van der Waals surface area (Å²) < 4.78 is 25.2. The first-order valence-corrected chi connectivity index (χ1v) is 9.56. The summed E-state index contributed by atoms with van der Waals surface area (Å²) in [5.41, 5.74) is 4.87. The number of methoxy groups -OCH3 is 2. The zero-order chi connectivity index (χ0) is 20.0. The number of benzene rings is 3. The molecular weight excluding hydrogens is 369 g/mol. The van der Waals surface area contributed by atoms with Crippen LogP contribution in [-0.4, -0.2) is 19.1 Å². The minimum Gasteiger partial charge on any atom is -0.497 e. The van der Waals surface area contributed by atoms with E-state index in [9.17, 15) is 4.39 Å². The van der Waals surface area contributed by atoms with Gasteiger partial charge in [-0.1, -0.05) is 18.2 Å². The van der Waals surface area contributed by atoms with Crippen LogP contribution in [0, 0.1) is 5.82 Å². The lowest BCUT2D eigenvalue weighted by atomic mass is 9.95. The largest absolute Gasteiger partial charge is 0.497 e. The predicted molar refractivity (Wildman–Crippen MR) is 111 cm³/mol. The van der Waals surface area contributed by atoms with Crippen LogP contribution in [0.2, 0.25) is 0 Å². The summed E-state index contributed by atoms with van der Waals surface area (Å²) in [5.74, 6) is 1.40. The molecule has 5 rings (SSSR count). The van der Waals surface area contributed by atoms with Gasteiger partial charge in [0.1, 0.15) is 29.6 Å². The minimum absolute atomic E-state index is 0.110. The van der Waals surface area contributed by atoms with Gasteiger partial charge < -0.3 is 20.1 Å². The van der Waals surface area contributed by atoms with Crippen LogP contribution < -0.4 is 20.1 Å². The van der Waals surface area contributed by atoms with Crippen LogP contribution in [-0.2, 0) is 6.54 Å². The second kappa shape index (κ2) is 6.97.